The summed E-state index contributed by atoms with van der Waals surface area (Å²) in [6.07, 6.45) is 12.3. The highest BCUT2D eigenvalue weighted by Gasteiger charge is 2.17. The zero-order chi connectivity index (χ0) is 19.3. The van der Waals surface area contributed by atoms with E-state index in [9.17, 15) is 9.18 Å². The third-order valence-corrected chi connectivity index (χ3v) is 4.93. The molecule has 3 aromatic rings. The molecule has 146 valence electrons. The van der Waals surface area contributed by atoms with Crippen molar-refractivity contribution in [2.45, 2.75) is 44.7 Å². The molecule has 0 spiro atoms. The van der Waals surface area contributed by atoms with Gasteiger partial charge in [-0.1, -0.05) is 25.3 Å². The van der Waals surface area contributed by atoms with Gasteiger partial charge in [0.15, 0.2) is 0 Å². The van der Waals surface area contributed by atoms with E-state index in [-0.39, 0.29) is 18.3 Å². The average Bonchev–Trinajstić information content (AvgIpc) is 3.39. The Kier molecular flexibility index (Phi) is 5.31. The molecule has 2 N–H and O–H groups in total. The number of rotatable bonds is 5. The topological polar surface area (TPSA) is 89.7 Å². The fraction of sp³-hybridized carbons (Fsp3) is 0.368. The minimum Gasteiger partial charge on any atom is -0.334 e. The van der Waals surface area contributed by atoms with Crippen LogP contribution in [0, 0.1) is 5.82 Å². The van der Waals surface area contributed by atoms with Gasteiger partial charge in [0, 0.05) is 18.9 Å². The highest BCUT2D eigenvalue weighted by molar-refractivity contribution is 5.87. The summed E-state index contributed by atoms with van der Waals surface area (Å²) >= 11 is 0. The van der Waals surface area contributed by atoms with Gasteiger partial charge >= 0.3 is 6.03 Å². The Hall–Kier alpha value is -3.23. The summed E-state index contributed by atoms with van der Waals surface area (Å²) in [5.74, 6) is -0.115. The molecule has 8 nitrogen and oxygen atoms in total. The zero-order valence-corrected chi connectivity index (χ0v) is 15.4. The number of carbonyl (C=O) groups is 1. The second kappa shape index (κ2) is 8.20. The maximum Gasteiger partial charge on any atom is 0.321 e. The summed E-state index contributed by atoms with van der Waals surface area (Å²) in [6.45, 7) is 0.191. The maximum atomic E-state index is 14.3. The molecule has 1 aliphatic carbocycles. The largest absolute Gasteiger partial charge is 0.334 e. The molecule has 9 heteroatoms. The summed E-state index contributed by atoms with van der Waals surface area (Å²) in [7, 11) is 0. The van der Waals surface area contributed by atoms with Gasteiger partial charge in [0.1, 0.15) is 12.1 Å². The Morgan fingerprint density at radius 3 is 2.82 bits per heavy atom. The summed E-state index contributed by atoms with van der Waals surface area (Å²) in [4.78, 5) is 20.2. The second-order valence-corrected chi connectivity index (χ2v) is 6.90. The van der Waals surface area contributed by atoms with Gasteiger partial charge in [0.25, 0.3) is 0 Å². The lowest BCUT2D eigenvalue weighted by molar-refractivity contribution is 0.251. The lowest BCUT2D eigenvalue weighted by atomic mass is 9.96. The lowest BCUT2D eigenvalue weighted by Crippen LogP contribution is -2.28. The van der Waals surface area contributed by atoms with Crippen molar-refractivity contribution in [2.24, 2.45) is 0 Å². The number of nitrogens with zero attached hydrogens (tertiary/aromatic N) is 5. The van der Waals surface area contributed by atoms with Crippen LogP contribution in [0.5, 0.6) is 0 Å². The van der Waals surface area contributed by atoms with Crippen LogP contribution in [0.2, 0.25) is 0 Å². The number of nitrogens with one attached hydrogen (secondary N) is 2. The third kappa shape index (κ3) is 4.19. The van der Waals surface area contributed by atoms with E-state index >= 15 is 0 Å². The Morgan fingerprint density at radius 2 is 2.07 bits per heavy atom. The van der Waals surface area contributed by atoms with E-state index in [4.69, 9.17) is 0 Å². The fourth-order valence-electron chi connectivity index (χ4n) is 3.45. The van der Waals surface area contributed by atoms with Gasteiger partial charge in [0.2, 0.25) is 5.95 Å². The molecular weight excluding hydrogens is 361 g/mol. The molecule has 0 atom stereocenters. The molecule has 0 unspecified atom stereocenters. The number of hydrogen-bond donors (Lipinski definition) is 2. The smallest absolute Gasteiger partial charge is 0.321 e. The van der Waals surface area contributed by atoms with Crippen LogP contribution in [0.25, 0.3) is 5.69 Å². The van der Waals surface area contributed by atoms with Crippen LogP contribution in [0.3, 0.4) is 0 Å². The monoisotopic (exact) mass is 383 g/mol. The molecular formula is C19H22FN7O. The first kappa shape index (κ1) is 18.1. The first-order chi connectivity index (χ1) is 13.7. The number of imidazole rings is 1. The average molecular weight is 383 g/mol. The summed E-state index contributed by atoms with van der Waals surface area (Å²) < 4.78 is 17.7. The Balaban J connectivity index is 1.31. The lowest BCUT2D eigenvalue weighted by Gasteiger charge is -2.21. The highest BCUT2D eigenvalue weighted by Crippen LogP contribution is 2.27. The van der Waals surface area contributed by atoms with Gasteiger partial charge in [-0.05, 0) is 30.5 Å². The molecule has 1 saturated carbocycles. The van der Waals surface area contributed by atoms with Crippen molar-refractivity contribution in [1.29, 1.82) is 0 Å². The molecule has 2 aromatic heterocycles. The van der Waals surface area contributed by atoms with Crippen molar-refractivity contribution in [3.63, 3.8) is 0 Å². The summed E-state index contributed by atoms with van der Waals surface area (Å²) in [5, 5.41) is 9.66. The van der Waals surface area contributed by atoms with E-state index < -0.39 is 6.03 Å². The van der Waals surface area contributed by atoms with E-state index in [1.807, 2.05) is 4.68 Å². The minimum absolute atomic E-state index is 0.191. The number of urea groups is 1. The molecule has 1 aliphatic rings. The van der Waals surface area contributed by atoms with E-state index in [2.05, 4.69) is 25.7 Å². The highest BCUT2D eigenvalue weighted by atomic mass is 19.1. The fourth-order valence-corrected chi connectivity index (χ4v) is 3.45. The normalized spacial score (nSPS) is 14.8. The number of benzene rings is 1. The van der Waals surface area contributed by atoms with Gasteiger partial charge in [-0.15, -0.1) is 5.10 Å². The van der Waals surface area contributed by atoms with Crippen molar-refractivity contribution in [3.8, 4) is 5.69 Å². The quantitative estimate of drug-likeness (QED) is 0.706. The SMILES string of the molecule is O=C(NCc1ccc(-n2ccnc2)c(F)c1)Nc1ncn(C2CCCCC2)n1. The first-order valence-corrected chi connectivity index (χ1v) is 9.42. The Bertz CT molecular complexity index is 932. The summed E-state index contributed by atoms with van der Waals surface area (Å²) in [6, 6.07) is 4.73. The molecule has 0 aliphatic heterocycles. The number of hydrogen-bond acceptors (Lipinski definition) is 4. The van der Waals surface area contributed by atoms with Crippen molar-refractivity contribution in [1.82, 2.24) is 29.6 Å². The number of halogens is 1. The van der Waals surface area contributed by atoms with Gasteiger partial charge in [0.05, 0.1) is 18.1 Å². The van der Waals surface area contributed by atoms with Crippen molar-refractivity contribution < 1.29 is 9.18 Å². The van der Waals surface area contributed by atoms with E-state index in [1.165, 1.54) is 31.7 Å². The predicted molar refractivity (Wildman–Crippen MR) is 102 cm³/mol. The molecule has 2 heterocycles. The van der Waals surface area contributed by atoms with Crippen LogP contribution in [0.1, 0.15) is 43.7 Å². The number of anilines is 1. The van der Waals surface area contributed by atoms with Crippen molar-refractivity contribution >= 4 is 12.0 Å². The van der Waals surface area contributed by atoms with Crippen LogP contribution in [-0.4, -0.2) is 30.3 Å². The number of amides is 2. The zero-order valence-electron chi connectivity index (χ0n) is 15.4. The van der Waals surface area contributed by atoms with Crippen LogP contribution < -0.4 is 10.6 Å². The molecule has 1 fully saturated rings. The van der Waals surface area contributed by atoms with E-state index in [0.29, 0.717) is 17.3 Å². The standard InChI is InChI=1S/C19H22FN7O/c20-16-10-14(6-7-17(16)26-9-8-21-12-26)11-22-19(28)24-18-23-13-27(25-18)15-4-2-1-3-5-15/h6-10,12-13,15H,1-5,11H2,(H2,22,24,25,28). The van der Waals surface area contributed by atoms with Gasteiger partial charge < -0.3 is 9.88 Å². The van der Waals surface area contributed by atoms with Gasteiger partial charge in [-0.2, -0.15) is 0 Å². The number of carbonyl (C=O) groups excluding carboxylic acids is 1. The van der Waals surface area contributed by atoms with Crippen LogP contribution in [0.15, 0.2) is 43.2 Å². The van der Waals surface area contributed by atoms with E-state index in [0.717, 1.165) is 12.8 Å². The third-order valence-electron chi connectivity index (χ3n) is 4.93. The Morgan fingerprint density at radius 1 is 1.21 bits per heavy atom. The molecule has 4 rings (SSSR count). The second-order valence-electron chi connectivity index (χ2n) is 6.90. The van der Waals surface area contributed by atoms with Crippen LogP contribution in [0.4, 0.5) is 15.1 Å². The molecule has 0 radical (unpaired) electrons. The maximum absolute atomic E-state index is 14.3. The predicted octanol–water partition coefficient (Wildman–Crippen LogP) is 3.43. The molecule has 0 bridgehead atoms. The van der Waals surface area contributed by atoms with Crippen LogP contribution >= 0.6 is 0 Å². The first-order valence-electron chi connectivity index (χ1n) is 9.42. The minimum atomic E-state index is -0.430. The Labute approximate surface area is 161 Å². The van der Waals surface area contributed by atoms with Gasteiger partial charge in [-0.25, -0.2) is 23.8 Å². The molecule has 28 heavy (non-hydrogen) atoms. The van der Waals surface area contributed by atoms with Gasteiger partial charge in [-0.3, -0.25) is 5.32 Å². The molecule has 2 amide bonds. The van der Waals surface area contributed by atoms with Crippen molar-refractivity contribution in [3.05, 3.63) is 54.6 Å². The molecule has 0 saturated heterocycles. The van der Waals surface area contributed by atoms with Crippen LogP contribution in [-0.2, 0) is 6.54 Å². The number of aromatic nitrogens is 5. The summed E-state index contributed by atoms with van der Waals surface area (Å²) in [5.41, 5.74) is 1.06. The van der Waals surface area contributed by atoms with Crippen molar-refractivity contribution in [2.75, 3.05) is 5.32 Å². The van der Waals surface area contributed by atoms with E-state index in [1.54, 1.807) is 35.4 Å². The molecule has 1 aromatic carbocycles.